The van der Waals surface area contributed by atoms with Gasteiger partial charge in [-0.05, 0) is 44.4 Å². The van der Waals surface area contributed by atoms with Crippen LogP contribution in [-0.2, 0) is 4.74 Å². The highest BCUT2D eigenvalue weighted by Gasteiger charge is 2.15. The summed E-state index contributed by atoms with van der Waals surface area (Å²) in [7, 11) is 0. The van der Waals surface area contributed by atoms with Gasteiger partial charge >= 0.3 is 0 Å². The van der Waals surface area contributed by atoms with Gasteiger partial charge < -0.3 is 15.0 Å². The maximum atomic E-state index is 5.85. The Labute approximate surface area is 91.2 Å². The van der Waals surface area contributed by atoms with Crippen molar-refractivity contribution in [2.75, 3.05) is 19.7 Å². The van der Waals surface area contributed by atoms with E-state index in [1.165, 1.54) is 25.1 Å². The lowest BCUT2D eigenvalue weighted by Crippen LogP contribution is -2.32. The highest BCUT2D eigenvalue weighted by molar-refractivity contribution is 5.06. The molecular weight excluding hydrogens is 188 g/mol. The van der Waals surface area contributed by atoms with E-state index in [1.807, 2.05) is 12.3 Å². The van der Waals surface area contributed by atoms with Crippen molar-refractivity contribution in [2.24, 2.45) is 5.92 Å². The molecule has 0 radical (unpaired) electrons. The van der Waals surface area contributed by atoms with E-state index in [0.717, 1.165) is 13.2 Å². The normalized spacial score (nSPS) is 23.9. The van der Waals surface area contributed by atoms with E-state index in [-0.39, 0.29) is 6.10 Å². The second-order valence-electron chi connectivity index (χ2n) is 4.31. The summed E-state index contributed by atoms with van der Waals surface area (Å²) in [6.45, 7) is 5.25. The van der Waals surface area contributed by atoms with Crippen molar-refractivity contribution in [1.29, 1.82) is 0 Å². The smallest absolute Gasteiger partial charge is 0.0944 e. The first-order chi connectivity index (χ1) is 7.36. The molecule has 0 unspecified atom stereocenters. The Morgan fingerprint density at radius 3 is 3.20 bits per heavy atom. The number of piperidine rings is 1. The van der Waals surface area contributed by atoms with Crippen LogP contribution in [0.15, 0.2) is 18.3 Å². The molecule has 1 aromatic heterocycles. The molecule has 1 fully saturated rings. The molecule has 0 aliphatic carbocycles. The fraction of sp³-hybridized carbons (Fsp3) is 0.667. The average Bonchev–Trinajstić information content (AvgIpc) is 2.81. The van der Waals surface area contributed by atoms with Gasteiger partial charge in [-0.1, -0.05) is 0 Å². The molecule has 1 saturated heterocycles. The van der Waals surface area contributed by atoms with Crippen molar-refractivity contribution in [2.45, 2.75) is 25.9 Å². The minimum absolute atomic E-state index is 0.182. The third kappa shape index (κ3) is 3.08. The molecule has 1 aliphatic rings. The van der Waals surface area contributed by atoms with Gasteiger partial charge in [-0.15, -0.1) is 0 Å². The number of nitrogens with one attached hydrogen (secondary N) is 2. The summed E-state index contributed by atoms with van der Waals surface area (Å²) in [5, 5.41) is 3.41. The van der Waals surface area contributed by atoms with Crippen LogP contribution in [0, 0.1) is 5.92 Å². The van der Waals surface area contributed by atoms with E-state index >= 15 is 0 Å². The van der Waals surface area contributed by atoms with Crippen LogP contribution < -0.4 is 5.32 Å². The molecule has 1 aromatic rings. The maximum absolute atomic E-state index is 5.85. The Bertz CT molecular complexity index is 265. The molecule has 2 N–H and O–H groups in total. The number of H-pyrrole nitrogens is 1. The van der Waals surface area contributed by atoms with Crippen LogP contribution in [0.1, 0.15) is 31.6 Å². The van der Waals surface area contributed by atoms with Gasteiger partial charge in [0, 0.05) is 18.4 Å². The number of hydrogen-bond donors (Lipinski definition) is 2. The average molecular weight is 208 g/mol. The van der Waals surface area contributed by atoms with Crippen LogP contribution in [0.3, 0.4) is 0 Å². The molecule has 0 bridgehead atoms. The van der Waals surface area contributed by atoms with Crippen molar-refractivity contribution in [1.82, 2.24) is 10.3 Å². The summed E-state index contributed by atoms with van der Waals surface area (Å²) < 4.78 is 5.85. The standard InChI is InChI=1S/C12H20N2O/c1-10(12-5-3-7-14-12)15-9-11-4-2-6-13-8-11/h3,5,7,10-11,13-14H,2,4,6,8-9H2,1H3/t10-,11+/m0/s1. The number of ether oxygens (including phenoxy) is 1. The van der Waals surface area contributed by atoms with Crippen LogP contribution in [-0.4, -0.2) is 24.7 Å². The Morgan fingerprint density at radius 1 is 1.60 bits per heavy atom. The molecule has 0 aromatic carbocycles. The van der Waals surface area contributed by atoms with Crippen molar-refractivity contribution in [3.8, 4) is 0 Å². The number of rotatable bonds is 4. The summed E-state index contributed by atoms with van der Waals surface area (Å²) in [6.07, 6.45) is 4.70. The van der Waals surface area contributed by atoms with Gasteiger partial charge in [-0.3, -0.25) is 0 Å². The van der Waals surface area contributed by atoms with E-state index < -0.39 is 0 Å². The summed E-state index contributed by atoms with van der Waals surface area (Å²) in [4.78, 5) is 3.18. The zero-order valence-electron chi connectivity index (χ0n) is 9.33. The zero-order chi connectivity index (χ0) is 10.5. The fourth-order valence-corrected chi connectivity index (χ4v) is 2.03. The molecule has 0 saturated carbocycles. The van der Waals surface area contributed by atoms with E-state index in [2.05, 4.69) is 23.3 Å². The molecule has 2 heterocycles. The van der Waals surface area contributed by atoms with Gasteiger partial charge in [0.1, 0.15) is 0 Å². The minimum atomic E-state index is 0.182. The highest BCUT2D eigenvalue weighted by Crippen LogP contribution is 2.17. The van der Waals surface area contributed by atoms with Crippen LogP contribution in [0.4, 0.5) is 0 Å². The predicted molar refractivity (Wildman–Crippen MR) is 60.8 cm³/mol. The molecule has 3 heteroatoms. The number of aromatic nitrogens is 1. The topological polar surface area (TPSA) is 37.0 Å². The summed E-state index contributed by atoms with van der Waals surface area (Å²) in [5.41, 5.74) is 1.17. The monoisotopic (exact) mass is 208 g/mol. The lowest BCUT2D eigenvalue weighted by molar-refractivity contribution is 0.0315. The third-order valence-corrected chi connectivity index (χ3v) is 3.04. The first-order valence-electron chi connectivity index (χ1n) is 5.82. The van der Waals surface area contributed by atoms with Crippen molar-refractivity contribution in [3.63, 3.8) is 0 Å². The van der Waals surface area contributed by atoms with Gasteiger partial charge in [-0.25, -0.2) is 0 Å². The summed E-state index contributed by atoms with van der Waals surface area (Å²) in [5.74, 6) is 0.691. The number of hydrogen-bond acceptors (Lipinski definition) is 2. The van der Waals surface area contributed by atoms with Gasteiger partial charge in [0.2, 0.25) is 0 Å². The second kappa shape index (κ2) is 5.33. The zero-order valence-corrected chi connectivity index (χ0v) is 9.33. The Balaban J connectivity index is 1.73. The van der Waals surface area contributed by atoms with Gasteiger partial charge in [-0.2, -0.15) is 0 Å². The van der Waals surface area contributed by atoms with Crippen molar-refractivity contribution >= 4 is 0 Å². The van der Waals surface area contributed by atoms with Crippen LogP contribution in [0.2, 0.25) is 0 Å². The van der Waals surface area contributed by atoms with E-state index in [4.69, 9.17) is 4.74 Å². The quantitative estimate of drug-likeness (QED) is 0.795. The SMILES string of the molecule is C[C@H](OC[C@@H]1CCCNC1)c1ccc[nH]1. The lowest BCUT2D eigenvalue weighted by Gasteiger charge is -2.24. The predicted octanol–water partition coefficient (Wildman–Crippen LogP) is 2.09. The molecule has 3 nitrogen and oxygen atoms in total. The van der Waals surface area contributed by atoms with Crippen molar-refractivity contribution < 1.29 is 4.74 Å². The molecule has 1 aliphatic heterocycles. The third-order valence-electron chi connectivity index (χ3n) is 3.04. The highest BCUT2D eigenvalue weighted by atomic mass is 16.5. The Morgan fingerprint density at radius 2 is 2.53 bits per heavy atom. The Hall–Kier alpha value is -0.800. The van der Waals surface area contributed by atoms with Gasteiger partial charge in [0.15, 0.2) is 0 Å². The molecule has 15 heavy (non-hydrogen) atoms. The van der Waals surface area contributed by atoms with E-state index in [0.29, 0.717) is 5.92 Å². The minimum Gasteiger partial charge on any atom is -0.372 e. The number of aromatic amines is 1. The summed E-state index contributed by atoms with van der Waals surface area (Å²) >= 11 is 0. The van der Waals surface area contributed by atoms with Crippen molar-refractivity contribution in [3.05, 3.63) is 24.0 Å². The molecular formula is C12H20N2O. The second-order valence-corrected chi connectivity index (χ2v) is 4.31. The maximum Gasteiger partial charge on any atom is 0.0944 e. The lowest BCUT2D eigenvalue weighted by atomic mass is 10.0. The molecule has 0 spiro atoms. The van der Waals surface area contributed by atoms with Gasteiger partial charge in [0.25, 0.3) is 0 Å². The molecule has 0 amide bonds. The Kier molecular flexibility index (Phi) is 3.80. The van der Waals surface area contributed by atoms with E-state index in [9.17, 15) is 0 Å². The van der Waals surface area contributed by atoms with Crippen LogP contribution in [0.5, 0.6) is 0 Å². The molecule has 84 valence electrons. The van der Waals surface area contributed by atoms with Crippen LogP contribution in [0.25, 0.3) is 0 Å². The van der Waals surface area contributed by atoms with Crippen LogP contribution >= 0.6 is 0 Å². The van der Waals surface area contributed by atoms with E-state index in [1.54, 1.807) is 0 Å². The largest absolute Gasteiger partial charge is 0.372 e. The first kappa shape index (κ1) is 10.7. The molecule has 2 rings (SSSR count). The summed E-state index contributed by atoms with van der Waals surface area (Å²) in [6, 6.07) is 4.08. The van der Waals surface area contributed by atoms with Gasteiger partial charge in [0.05, 0.1) is 12.7 Å². The first-order valence-corrected chi connectivity index (χ1v) is 5.82. The molecule has 2 atom stereocenters. The fourth-order valence-electron chi connectivity index (χ4n) is 2.03.